The zero-order valence-electron chi connectivity index (χ0n) is 13.8. The number of aromatic nitrogens is 2. The minimum Gasteiger partial charge on any atom is -0.309 e. The highest BCUT2D eigenvalue weighted by Gasteiger charge is 2.33. The van der Waals surface area contributed by atoms with Gasteiger partial charge >= 0.3 is 0 Å². The van der Waals surface area contributed by atoms with Crippen LogP contribution in [0.25, 0.3) is 0 Å². The van der Waals surface area contributed by atoms with Gasteiger partial charge in [0.1, 0.15) is 0 Å². The van der Waals surface area contributed by atoms with E-state index in [1.54, 1.807) is 0 Å². The van der Waals surface area contributed by atoms with E-state index in [0.717, 1.165) is 18.4 Å². The van der Waals surface area contributed by atoms with E-state index < -0.39 is 0 Å². The molecule has 1 saturated carbocycles. The number of hydrogen-bond acceptors (Lipinski definition) is 2. The van der Waals surface area contributed by atoms with Crippen LogP contribution in [-0.2, 0) is 7.05 Å². The molecule has 0 aromatic carbocycles. The molecule has 3 heteroatoms. The summed E-state index contributed by atoms with van der Waals surface area (Å²) in [6, 6.07) is 2.64. The number of rotatable bonds is 4. The second-order valence-corrected chi connectivity index (χ2v) is 7.39. The molecule has 0 spiro atoms. The van der Waals surface area contributed by atoms with Crippen molar-refractivity contribution < 1.29 is 0 Å². The third kappa shape index (κ3) is 3.43. The van der Waals surface area contributed by atoms with Crippen LogP contribution in [0.5, 0.6) is 0 Å². The zero-order chi connectivity index (χ0) is 14.8. The lowest BCUT2D eigenvalue weighted by atomic mass is 9.68. The van der Waals surface area contributed by atoms with Crippen LogP contribution in [0.15, 0.2) is 12.3 Å². The van der Waals surface area contributed by atoms with Gasteiger partial charge in [-0.1, -0.05) is 27.7 Å². The third-order valence-corrected chi connectivity index (χ3v) is 5.07. The van der Waals surface area contributed by atoms with E-state index in [9.17, 15) is 0 Å². The van der Waals surface area contributed by atoms with Gasteiger partial charge in [0.25, 0.3) is 0 Å². The Hall–Kier alpha value is -0.830. The van der Waals surface area contributed by atoms with Crippen LogP contribution < -0.4 is 5.32 Å². The first kappa shape index (κ1) is 15.6. The number of hydrogen-bond donors (Lipinski definition) is 1. The van der Waals surface area contributed by atoms with E-state index >= 15 is 0 Å². The second-order valence-electron chi connectivity index (χ2n) is 7.39. The number of nitrogens with one attached hydrogen (secondary N) is 1. The van der Waals surface area contributed by atoms with Crippen LogP contribution in [0.2, 0.25) is 0 Å². The molecule has 0 aliphatic heterocycles. The highest BCUT2D eigenvalue weighted by molar-refractivity contribution is 5.09. The van der Waals surface area contributed by atoms with Crippen LogP contribution in [0, 0.1) is 17.3 Å². The maximum Gasteiger partial charge on any atom is 0.0553 e. The standard InChI is InChI=1S/C17H31N3/c1-6-18-16(15-11-12-19-20(15)5)13-7-9-14(10-8-13)17(2,3)4/h11-14,16,18H,6-10H2,1-5H3. The van der Waals surface area contributed by atoms with E-state index in [4.69, 9.17) is 0 Å². The topological polar surface area (TPSA) is 29.9 Å². The monoisotopic (exact) mass is 277 g/mol. The second kappa shape index (κ2) is 6.30. The van der Waals surface area contributed by atoms with Gasteiger partial charge in [-0.15, -0.1) is 0 Å². The molecule has 1 fully saturated rings. The molecule has 1 aromatic heterocycles. The Morgan fingerprint density at radius 2 is 1.95 bits per heavy atom. The van der Waals surface area contributed by atoms with Gasteiger partial charge in [-0.05, 0) is 55.5 Å². The molecule has 114 valence electrons. The summed E-state index contributed by atoms with van der Waals surface area (Å²) in [5.74, 6) is 1.64. The largest absolute Gasteiger partial charge is 0.309 e. The lowest BCUT2D eigenvalue weighted by molar-refractivity contribution is 0.131. The highest BCUT2D eigenvalue weighted by atomic mass is 15.3. The average molecular weight is 277 g/mol. The summed E-state index contributed by atoms with van der Waals surface area (Å²) in [6.45, 7) is 10.4. The first-order chi connectivity index (χ1) is 9.43. The molecule has 0 saturated heterocycles. The zero-order valence-corrected chi connectivity index (χ0v) is 13.8. The Morgan fingerprint density at radius 3 is 2.40 bits per heavy atom. The van der Waals surface area contributed by atoms with Crippen molar-refractivity contribution in [3.8, 4) is 0 Å². The molecular formula is C17H31N3. The third-order valence-electron chi connectivity index (χ3n) is 5.07. The molecule has 1 unspecified atom stereocenters. The van der Waals surface area contributed by atoms with Crippen LogP contribution in [0.3, 0.4) is 0 Å². The fourth-order valence-corrected chi connectivity index (χ4v) is 3.74. The first-order valence-corrected chi connectivity index (χ1v) is 8.14. The molecule has 20 heavy (non-hydrogen) atoms. The van der Waals surface area contributed by atoms with Crippen molar-refractivity contribution in [3.05, 3.63) is 18.0 Å². The summed E-state index contributed by atoms with van der Waals surface area (Å²) >= 11 is 0. The van der Waals surface area contributed by atoms with Crippen molar-refractivity contribution in [2.45, 2.75) is 59.4 Å². The van der Waals surface area contributed by atoms with E-state index in [-0.39, 0.29) is 0 Å². The SMILES string of the molecule is CCNC(c1ccnn1C)C1CCC(C(C)(C)C)CC1. The fraction of sp³-hybridized carbons (Fsp3) is 0.824. The maximum absolute atomic E-state index is 4.35. The van der Waals surface area contributed by atoms with Crippen LogP contribution >= 0.6 is 0 Å². The maximum atomic E-state index is 4.35. The average Bonchev–Trinajstić information content (AvgIpc) is 2.81. The molecule has 1 N–H and O–H groups in total. The molecule has 3 nitrogen and oxygen atoms in total. The van der Waals surface area contributed by atoms with Crippen molar-refractivity contribution >= 4 is 0 Å². The molecule has 1 heterocycles. The molecule has 1 aliphatic carbocycles. The van der Waals surface area contributed by atoms with E-state index in [1.165, 1.54) is 31.4 Å². The van der Waals surface area contributed by atoms with Gasteiger partial charge in [0, 0.05) is 13.2 Å². The Morgan fingerprint density at radius 1 is 1.30 bits per heavy atom. The van der Waals surface area contributed by atoms with E-state index in [1.807, 2.05) is 10.9 Å². The molecule has 1 aliphatic rings. The van der Waals surface area contributed by atoms with Crippen molar-refractivity contribution in [1.29, 1.82) is 0 Å². The molecule has 0 bridgehead atoms. The summed E-state index contributed by atoms with van der Waals surface area (Å²) in [4.78, 5) is 0. The van der Waals surface area contributed by atoms with Gasteiger partial charge in [-0.3, -0.25) is 4.68 Å². The van der Waals surface area contributed by atoms with E-state index in [0.29, 0.717) is 11.5 Å². The van der Waals surface area contributed by atoms with Crippen molar-refractivity contribution in [2.24, 2.45) is 24.3 Å². The molecule has 2 rings (SSSR count). The van der Waals surface area contributed by atoms with Gasteiger partial charge in [-0.2, -0.15) is 5.10 Å². The minimum atomic E-state index is 0.463. The highest BCUT2D eigenvalue weighted by Crippen LogP contribution is 2.43. The summed E-state index contributed by atoms with van der Waals surface area (Å²) in [5.41, 5.74) is 1.80. The summed E-state index contributed by atoms with van der Waals surface area (Å²) in [6.07, 6.45) is 7.33. The molecule has 0 amide bonds. The predicted octanol–water partition coefficient (Wildman–Crippen LogP) is 3.92. The van der Waals surface area contributed by atoms with Gasteiger partial charge in [-0.25, -0.2) is 0 Å². The number of nitrogens with zero attached hydrogens (tertiary/aromatic N) is 2. The normalized spacial score (nSPS) is 25.6. The predicted molar refractivity (Wildman–Crippen MR) is 84.5 cm³/mol. The molecule has 0 radical (unpaired) electrons. The quantitative estimate of drug-likeness (QED) is 0.904. The first-order valence-electron chi connectivity index (χ1n) is 8.14. The Balaban J connectivity index is 2.04. The van der Waals surface area contributed by atoms with Crippen LogP contribution in [0.4, 0.5) is 0 Å². The Labute approximate surface area is 124 Å². The Kier molecular flexibility index (Phi) is 4.90. The van der Waals surface area contributed by atoms with E-state index in [2.05, 4.69) is 51.2 Å². The Bertz CT molecular complexity index is 408. The van der Waals surface area contributed by atoms with Crippen LogP contribution in [0.1, 0.15) is 65.1 Å². The van der Waals surface area contributed by atoms with Gasteiger partial charge < -0.3 is 5.32 Å². The summed E-state index contributed by atoms with van der Waals surface area (Å²) in [7, 11) is 2.06. The van der Waals surface area contributed by atoms with Crippen molar-refractivity contribution in [2.75, 3.05) is 6.54 Å². The van der Waals surface area contributed by atoms with Crippen molar-refractivity contribution in [3.63, 3.8) is 0 Å². The smallest absolute Gasteiger partial charge is 0.0553 e. The minimum absolute atomic E-state index is 0.463. The van der Waals surface area contributed by atoms with Gasteiger partial charge in [0.05, 0.1) is 11.7 Å². The van der Waals surface area contributed by atoms with Crippen molar-refractivity contribution in [1.82, 2.24) is 15.1 Å². The van der Waals surface area contributed by atoms with Gasteiger partial charge in [0.15, 0.2) is 0 Å². The lowest BCUT2D eigenvalue weighted by Crippen LogP contribution is -2.34. The summed E-state index contributed by atoms with van der Waals surface area (Å²) < 4.78 is 2.03. The summed E-state index contributed by atoms with van der Waals surface area (Å²) in [5, 5.41) is 8.03. The fourth-order valence-electron chi connectivity index (χ4n) is 3.74. The molecule has 1 aromatic rings. The molecule has 1 atom stereocenters. The van der Waals surface area contributed by atoms with Crippen LogP contribution in [-0.4, -0.2) is 16.3 Å². The number of aryl methyl sites for hydroxylation is 1. The van der Waals surface area contributed by atoms with Gasteiger partial charge in [0.2, 0.25) is 0 Å². The lowest BCUT2D eigenvalue weighted by Gasteiger charge is -2.39. The molecular weight excluding hydrogens is 246 g/mol.